The van der Waals surface area contributed by atoms with Crippen molar-refractivity contribution in [3.63, 3.8) is 0 Å². The summed E-state index contributed by atoms with van der Waals surface area (Å²) in [5.74, 6) is -3.70. The molecule has 2 amide bonds. The van der Waals surface area contributed by atoms with Crippen molar-refractivity contribution in [3.8, 4) is 0 Å². The molecule has 2 aromatic carbocycles. The van der Waals surface area contributed by atoms with Crippen molar-refractivity contribution in [2.24, 2.45) is 5.73 Å². The van der Waals surface area contributed by atoms with Gasteiger partial charge < -0.3 is 5.73 Å². The Morgan fingerprint density at radius 3 is 2.48 bits per heavy atom. The highest BCUT2D eigenvalue weighted by atomic mass is 19.4. The molecule has 140 valence electrons. The number of nitrogens with zero attached hydrogens (tertiary/aromatic N) is 2. The molecular formula is C18H12F5N3O. The van der Waals surface area contributed by atoms with Crippen LogP contribution in [0.4, 0.5) is 32.4 Å². The molecule has 0 saturated carbocycles. The van der Waals surface area contributed by atoms with Crippen molar-refractivity contribution >= 4 is 22.5 Å². The van der Waals surface area contributed by atoms with E-state index in [1.165, 1.54) is 18.5 Å². The van der Waals surface area contributed by atoms with E-state index in [-0.39, 0.29) is 0 Å². The summed E-state index contributed by atoms with van der Waals surface area (Å²) in [5, 5.41) is 1.24. The number of hydrogen-bond donors (Lipinski definition) is 1. The normalized spacial score (nSPS) is 11.6. The highest BCUT2D eigenvalue weighted by molar-refractivity contribution is 6.02. The SMILES string of the molecule is NC(=O)N(Cc1ccc(C(F)(F)F)c(F)c1F)c1cccc2cnccc12. The average molecular weight is 381 g/mol. The first-order valence-electron chi connectivity index (χ1n) is 7.64. The van der Waals surface area contributed by atoms with Crippen LogP contribution >= 0.6 is 0 Å². The Balaban J connectivity index is 2.06. The van der Waals surface area contributed by atoms with Crippen LogP contribution in [0.25, 0.3) is 10.8 Å². The average Bonchev–Trinajstić information content (AvgIpc) is 2.61. The molecule has 1 aromatic heterocycles. The second-order valence-electron chi connectivity index (χ2n) is 5.70. The molecular weight excluding hydrogens is 369 g/mol. The molecule has 0 aliphatic carbocycles. The summed E-state index contributed by atoms with van der Waals surface area (Å²) in [5.41, 5.74) is 3.51. The van der Waals surface area contributed by atoms with Gasteiger partial charge in [0, 0.05) is 28.7 Å². The van der Waals surface area contributed by atoms with Crippen LogP contribution in [0.15, 0.2) is 48.8 Å². The molecule has 2 N–H and O–H groups in total. The van der Waals surface area contributed by atoms with Crippen LogP contribution in [0.5, 0.6) is 0 Å². The molecule has 27 heavy (non-hydrogen) atoms. The van der Waals surface area contributed by atoms with Gasteiger partial charge in [-0.1, -0.05) is 18.2 Å². The maximum absolute atomic E-state index is 14.2. The largest absolute Gasteiger partial charge is 0.419 e. The van der Waals surface area contributed by atoms with E-state index in [9.17, 15) is 26.7 Å². The molecule has 3 rings (SSSR count). The number of primary amides is 1. The first kappa shape index (κ1) is 18.6. The summed E-state index contributed by atoms with van der Waals surface area (Å²) >= 11 is 0. The lowest BCUT2D eigenvalue weighted by atomic mass is 10.1. The van der Waals surface area contributed by atoms with E-state index >= 15 is 0 Å². The number of carbonyl (C=O) groups is 1. The highest BCUT2D eigenvalue weighted by Crippen LogP contribution is 2.34. The van der Waals surface area contributed by atoms with Crippen LogP contribution in [-0.4, -0.2) is 11.0 Å². The standard InChI is InChI=1S/C18H12F5N3O/c19-15-11(4-5-13(16(15)20)18(21,22)23)9-26(17(24)27)14-3-1-2-10-8-25-7-6-12(10)14/h1-8H,9H2,(H2,24,27). The summed E-state index contributed by atoms with van der Waals surface area (Å²) < 4.78 is 66.1. The van der Waals surface area contributed by atoms with E-state index in [1.54, 1.807) is 18.2 Å². The van der Waals surface area contributed by atoms with E-state index in [2.05, 4.69) is 4.98 Å². The number of alkyl halides is 3. The Bertz CT molecular complexity index is 1010. The number of fused-ring (bicyclic) bond motifs is 1. The first-order chi connectivity index (χ1) is 12.7. The van der Waals surface area contributed by atoms with Gasteiger partial charge in [-0.25, -0.2) is 13.6 Å². The summed E-state index contributed by atoms with van der Waals surface area (Å²) in [4.78, 5) is 16.8. The van der Waals surface area contributed by atoms with Gasteiger partial charge in [-0.15, -0.1) is 0 Å². The quantitative estimate of drug-likeness (QED) is 0.673. The first-order valence-corrected chi connectivity index (χ1v) is 7.64. The number of amides is 2. The Morgan fingerprint density at radius 2 is 1.81 bits per heavy atom. The number of benzene rings is 2. The van der Waals surface area contributed by atoms with Gasteiger partial charge >= 0.3 is 12.2 Å². The molecule has 3 aromatic rings. The highest BCUT2D eigenvalue weighted by Gasteiger charge is 2.36. The predicted molar refractivity (Wildman–Crippen MR) is 88.9 cm³/mol. The van der Waals surface area contributed by atoms with Gasteiger partial charge in [0.1, 0.15) is 0 Å². The van der Waals surface area contributed by atoms with Crippen molar-refractivity contribution in [1.82, 2.24) is 4.98 Å². The van der Waals surface area contributed by atoms with E-state index in [4.69, 9.17) is 5.73 Å². The fraction of sp³-hybridized carbons (Fsp3) is 0.111. The van der Waals surface area contributed by atoms with Crippen LogP contribution in [0.3, 0.4) is 0 Å². The zero-order valence-corrected chi connectivity index (χ0v) is 13.6. The number of hydrogen-bond acceptors (Lipinski definition) is 2. The molecule has 4 nitrogen and oxygen atoms in total. The second kappa shape index (κ2) is 6.82. The molecule has 0 aliphatic rings. The molecule has 0 radical (unpaired) electrons. The Kier molecular flexibility index (Phi) is 4.69. The Labute approximate surface area is 150 Å². The third kappa shape index (κ3) is 3.53. The number of rotatable bonds is 3. The predicted octanol–water partition coefficient (Wildman–Crippen LogP) is 4.62. The third-order valence-electron chi connectivity index (χ3n) is 4.01. The van der Waals surface area contributed by atoms with Gasteiger partial charge in [0.15, 0.2) is 11.6 Å². The lowest BCUT2D eigenvalue weighted by Crippen LogP contribution is -2.35. The van der Waals surface area contributed by atoms with Crippen LogP contribution < -0.4 is 10.6 Å². The number of nitrogens with two attached hydrogens (primary N) is 1. The van der Waals surface area contributed by atoms with Gasteiger partial charge in [-0.2, -0.15) is 13.2 Å². The molecule has 0 unspecified atom stereocenters. The van der Waals surface area contributed by atoms with Gasteiger partial charge in [-0.3, -0.25) is 9.88 Å². The van der Waals surface area contributed by atoms with Crippen LogP contribution in [-0.2, 0) is 12.7 Å². The van der Waals surface area contributed by atoms with Gasteiger partial charge in [0.2, 0.25) is 0 Å². The summed E-state index contributed by atoms with van der Waals surface area (Å²) in [6.07, 6.45) is -2.02. The van der Waals surface area contributed by atoms with Crippen molar-refractivity contribution in [2.75, 3.05) is 4.90 Å². The molecule has 0 atom stereocenters. The lowest BCUT2D eigenvalue weighted by molar-refractivity contribution is -0.140. The number of carbonyl (C=O) groups excluding carboxylic acids is 1. The fourth-order valence-electron chi connectivity index (χ4n) is 2.72. The molecule has 0 aliphatic heterocycles. The van der Waals surface area contributed by atoms with Crippen LogP contribution in [0.2, 0.25) is 0 Å². The number of urea groups is 1. The summed E-state index contributed by atoms with van der Waals surface area (Å²) in [6.45, 7) is -0.544. The second-order valence-corrected chi connectivity index (χ2v) is 5.70. The van der Waals surface area contributed by atoms with Gasteiger partial charge in [0.05, 0.1) is 17.8 Å². The van der Waals surface area contributed by atoms with E-state index in [0.717, 1.165) is 11.0 Å². The zero-order valence-electron chi connectivity index (χ0n) is 13.6. The topological polar surface area (TPSA) is 59.2 Å². The minimum atomic E-state index is -5.03. The van der Waals surface area contributed by atoms with E-state index in [0.29, 0.717) is 22.5 Å². The molecule has 9 heteroatoms. The van der Waals surface area contributed by atoms with Crippen molar-refractivity contribution in [3.05, 3.63) is 71.6 Å². The van der Waals surface area contributed by atoms with Crippen molar-refractivity contribution in [2.45, 2.75) is 12.7 Å². The van der Waals surface area contributed by atoms with Crippen LogP contribution in [0.1, 0.15) is 11.1 Å². The maximum atomic E-state index is 14.2. The minimum absolute atomic E-state index is 0.294. The summed E-state index contributed by atoms with van der Waals surface area (Å²) in [6, 6.07) is 6.71. The number of anilines is 1. The molecule has 0 saturated heterocycles. The zero-order chi connectivity index (χ0) is 19.8. The van der Waals surface area contributed by atoms with Crippen molar-refractivity contribution in [1.29, 1.82) is 0 Å². The minimum Gasteiger partial charge on any atom is -0.351 e. The molecule has 0 fully saturated rings. The fourth-order valence-corrected chi connectivity index (χ4v) is 2.72. The van der Waals surface area contributed by atoms with Gasteiger partial charge in [-0.05, 0) is 18.2 Å². The Hall–Kier alpha value is -3.23. The molecule has 1 heterocycles. The molecule has 0 bridgehead atoms. The van der Waals surface area contributed by atoms with Gasteiger partial charge in [0.25, 0.3) is 0 Å². The summed E-state index contributed by atoms with van der Waals surface area (Å²) in [7, 11) is 0. The van der Waals surface area contributed by atoms with Crippen LogP contribution in [0, 0.1) is 11.6 Å². The van der Waals surface area contributed by atoms with E-state index in [1.807, 2.05) is 0 Å². The lowest BCUT2D eigenvalue weighted by Gasteiger charge is -2.23. The maximum Gasteiger partial charge on any atom is 0.419 e. The Morgan fingerprint density at radius 1 is 1.07 bits per heavy atom. The third-order valence-corrected chi connectivity index (χ3v) is 4.01. The molecule has 0 spiro atoms. The number of halogens is 5. The number of aromatic nitrogens is 1. The van der Waals surface area contributed by atoms with Crippen molar-refractivity contribution < 1.29 is 26.7 Å². The monoisotopic (exact) mass is 381 g/mol. The van der Waals surface area contributed by atoms with E-state index < -0.39 is 41.5 Å². The smallest absolute Gasteiger partial charge is 0.351 e. The number of pyridine rings is 1.